The first-order valence-electron chi connectivity index (χ1n) is 8.61. The van der Waals surface area contributed by atoms with Gasteiger partial charge in [-0.2, -0.15) is 5.10 Å². The Kier molecular flexibility index (Phi) is 5.46. The van der Waals surface area contributed by atoms with Crippen LogP contribution >= 0.6 is 11.6 Å². The molecule has 1 amide bonds. The van der Waals surface area contributed by atoms with Crippen molar-refractivity contribution in [2.24, 2.45) is 0 Å². The van der Waals surface area contributed by atoms with E-state index in [2.05, 4.69) is 10.4 Å². The number of carbonyl (C=O) groups excluding carboxylic acids is 1. The van der Waals surface area contributed by atoms with E-state index >= 15 is 0 Å². The van der Waals surface area contributed by atoms with E-state index in [0.29, 0.717) is 11.6 Å². The molecule has 1 N–H and O–H groups in total. The maximum absolute atomic E-state index is 12.8. The van der Waals surface area contributed by atoms with Crippen LogP contribution in [-0.4, -0.2) is 20.6 Å². The third kappa shape index (κ3) is 4.04. The maximum atomic E-state index is 12.8. The zero-order valence-electron chi connectivity index (χ0n) is 15.4. The minimum atomic E-state index is -1.08. The van der Waals surface area contributed by atoms with Gasteiger partial charge in [0.1, 0.15) is 17.9 Å². The Balaban J connectivity index is 1.77. The molecular formula is C20H19ClN4O3. The first-order chi connectivity index (χ1) is 13.3. The van der Waals surface area contributed by atoms with Crippen LogP contribution < -0.4 is 5.32 Å². The largest absolute Gasteiger partial charge is 0.350 e. The quantitative estimate of drug-likeness (QED) is 0.498. The second-order valence-corrected chi connectivity index (χ2v) is 7.24. The molecule has 0 radical (unpaired) electrons. The molecule has 0 unspecified atom stereocenters. The normalized spacial score (nSPS) is 11.2. The number of nitro groups is 1. The summed E-state index contributed by atoms with van der Waals surface area (Å²) in [6.45, 7) is 3.62. The molecule has 7 nitrogen and oxygen atoms in total. The fraction of sp³-hybridized carbons (Fsp3) is 0.200. The summed E-state index contributed by atoms with van der Waals surface area (Å²) in [5.74, 6) is -0.295. The smallest absolute Gasteiger partial charge is 0.307 e. The lowest BCUT2D eigenvalue weighted by Gasteiger charge is -2.24. The number of nitrogens with zero attached hydrogens (tertiary/aromatic N) is 3. The fourth-order valence-electron chi connectivity index (χ4n) is 2.79. The van der Waals surface area contributed by atoms with Gasteiger partial charge in [-0.15, -0.1) is 0 Å². The molecule has 0 spiro atoms. The molecule has 1 heterocycles. The lowest BCUT2D eigenvalue weighted by atomic mass is 9.99. The molecule has 0 saturated heterocycles. The third-order valence-corrected chi connectivity index (χ3v) is 4.77. The van der Waals surface area contributed by atoms with Gasteiger partial charge < -0.3 is 5.32 Å². The standard InChI is InChI=1S/C20H19ClN4O3/c1-20(2,24-13-17(12-23-24)25(27)28)19(26)22-11-15-5-3-4-6-18(15)14-7-9-16(21)10-8-14/h3-10,12-13H,11H2,1-2H3,(H,22,26). The molecule has 0 aliphatic carbocycles. The molecule has 28 heavy (non-hydrogen) atoms. The number of hydrogen-bond acceptors (Lipinski definition) is 4. The van der Waals surface area contributed by atoms with Gasteiger partial charge in [-0.05, 0) is 42.7 Å². The highest BCUT2D eigenvalue weighted by atomic mass is 35.5. The summed E-state index contributed by atoms with van der Waals surface area (Å²) < 4.78 is 1.30. The van der Waals surface area contributed by atoms with E-state index in [0.717, 1.165) is 22.9 Å². The molecule has 0 aliphatic rings. The number of hydrogen-bond donors (Lipinski definition) is 1. The lowest BCUT2D eigenvalue weighted by Crippen LogP contribution is -2.44. The Labute approximate surface area is 167 Å². The van der Waals surface area contributed by atoms with Crippen molar-refractivity contribution in [1.82, 2.24) is 15.1 Å². The lowest BCUT2D eigenvalue weighted by molar-refractivity contribution is -0.385. The number of amides is 1. The molecule has 3 rings (SSSR count). The van der Waals surface area contributed by atoms with Gasteiger partial charge in [0.25, 0.3) is 0 Å². The Hall–Kier alpha value is -3.19. The first kappa shape index (κ1) is 19.6. The van der Waals surface area contributed by atoms with Gasteiger partial charge >= 0.3 is 5.69 Å². The van der Waals surface area contributed by atoms with Crippen molar-refractivity contribution >= 4 is 23.2 Å². The number of aromatic nitrogens is 2. The minimum Gasteiger partial charge on any atom is -0.350 e. The van der Waals surface area contributed by atoms with Gasteiger partial charge in [0.2, 0.25) is 5.91 Å². The van der Waals surface area contributed by atoms with Gasteiger partial charge in [0.05, 0.1) is 4.92 Å². The highest BCUT2D eigenvalue weighted by Gasteiger charge is 2.31. The molecule has 0 fully saturated rings. The monoisotopic (exact) mass is 398 g/mol. The van der Waals surface area contributed by atoms with Crippen LogP contribution in [0.15, 0.2) is 60.9 Å². The van der Waals surface area contributed by atoms with Crippen molar-refractivity contribution in [3.8, 4) is 11.1 Å². The predicted octanol–water partition coefficient (Wildman–Crippen LogP) is 4.16. The molecule has 0 saturated carbocycles. The summed E-state index contributed by atoms with van der Waals surface area (Å²) in [4.78, 5) is 23.1. The summed E-state index contributed by atoms with van der Waals surface area (Å²) in [7, 11) is 0. The molecule has 0 atom stereocenters. The van der Waals surface area contributed by atoms with Gasteiger partial charge in [0.15, 0.2) is 0 Å². The third-order valence-electron chi connectivity index (χ3n) is 4.52. The maximum Gasteiger partial charge on any atom is 0.307 e. The van der Waals surface area contributed by atoms with Crippen LogP contribution in [0.4, 0.5) is 5.69 Å². The van der Waals surface area contributed by atoms with Crippen molar-refractivity contribution in [3.63, 3.8) is 0 Å². The molecular weight excluding hydrogens is 380 g/mol. The Morgan fingerprint density at radius 2 is 1.89 bits per heavy atom. The number of rotatable bonds is 6. The van der Waals surface area contributed by atoms with Gasteiger partial charge in [-0.25, -0.2) is 0 Å². The zero-order valence-corrected chi connectivity index (χ0v) is 16.2. The first-order valence-corrected chi connectivity index (χ1v) is 8.98. The average Bonchev–Trinajstić information content (AvgIpc) is 3.18. The Morgan fingerprint density at radius 3 is 2.54 bits per heavy atom. The van der Waals surface area contributed by atoms with Crippen LogP contribution in [0.1, 0.15) is 19.4 Å². The Bertz CT molecular complexity index is 1010. The summed E-state index contributed by atoms with van der Waals surface area (Å²) in [5.41, 5.74) is 1.70. The minimum absolute atomic E-state index is 0.158. The molecule has 2 aromatic carbocycles. The predicted molar refractivity (Wildman–Crippen MR) is 107 cm³/mol. The van der Waals surface area contributed by atoms with Crippen LogP contribution in [0.3, 0.4) is 0 Å². The number of nitrogens with one attached hydrogen (secondary N) is 1. The van der Waals surface area contributed by atoms with Crippen LogP contribution in [0.2, 0.25) is 5.02 Å². The fourth-order valence-corrected chi connectivity index (χ4v) is 2.92. The summed E-state index contributed by atoms with van der Waals surface area (Å²) in [6.07, 6.45) is 2.38. The van der Waals surface area contributed by atoms with E-state index in [9.17, 15) is 14.9 Å². The van der Waals surface area contributed by atoms with E-state index in [4.69, 9.17) is 11.6 Å². The summed E-state index contributed by atoms with van der Waals surface area (Å²) in [5, 5.41) is 18.4. The average molecular weight is 399 g/mol. The van der Waals surface area contributed by atoms with E-state index in [1.807, 2.05) is 48.5 Å². The van der Waals surface area contributed by atoms with E-state index in [-0.39, 0.29) is 11.6 Å². The van der Waals surface area contributed by atoms with Crippen LogP contribution in [0.25, 0.3) is 11.1 Å². The van der Waals surface area contributed by atoms with Crippen molar-refractivity contribution < 1.29 is 9.72 Å². The molecule has 0 aliphatic heterocycles. The number of halogens is 1. The number of benzene rings is 2. The van der Waals surface area contributed by atoms with Crippen molar-refractivity contribution in [1.29, 1.82) is 0 Å². The highest BCUT2D eigenvalue weighted by Crippen LogP contribution is 2.25. The van der Waals surface area contributed by atoms with Crippen molar-refractivity contribution in [3.05, 3.63) is 81.6 Å². The molecule has 1 aromatic heterocycles. The summed E-state index contributed by atoms with van der Waals surface area (Å²) >= 11 is 5.96. The second-order valence-electron chi connectivity index (χ2n) is 6.81. The molecule has 144 valence electrons. The van der Waals surface area contributed by atoms with Crippen LogP contribution in [-0.2, 0) is 16.9 Å². The van der Waals surface area contributed by atoms with Gasteiger partial charge in [0, 0.05) is 11.6 Å². The molecule has 0 bridgehead atoms. The van der Waals surface area contributed by atoms with Crippen LogP contribution in [0.5, 0.6) is 0 Å². The van der Waals surface area contributed by atoms with Gasteiger partial charge in [-0.1, -0.05) is 48.0 Å². The van der Waals surface area contributed by atoms with Crippen molar-refractivity contribution in [2.45, 2.75) is 25.9 Å². The SMILES string of the molecule is CC(C)(C(=O)NCc1ccccc1-c1ccc(Cl)cc1)n1cc([N+](=O)[O-])cn1. The van der Waals surface area contributed by atoms with Crippen molar-refractivity contribution in [2.75, 3.05) is 0 Å². The van der Waals surface area contributed by atoms with E-state index < -0.39 is 10.5 Å². The second kappa shape index (κ2) is 7.82. The molecule has 8 heteroatoms. The number of carbonyl (C=O) groups is 1. The highest BCUT2D eigenvalue weighted by molar-refractivity contribution is 6.30. The topological polar surface area (TPSA) is 90.1 Å². The van der Waals surface area contributed by atoms with E-state index in [1.54, 1.807) is 13.8 Å². The van der Waals surface area contributed by atoms with Crippen LogP contribution in [0, 0.1) is 10.1 Å². The van der Waals surface area contributed by atoms with Gasteiger partial charge in [-0.3, -0.25) is 19.6 Å². The van der Waals surface area contributed by atoms with E-state index in [1.165, 1.54) is 10.9 Å². The Morgan fingerprint density at radius 1 is 1.21 bits per heavy atom. The zero-order chi connectivity index (χ0) is 20.3. The molecule has 3 aromatic rings. The summed E-state index contributed by atoms with van der Waals surface area (Å²) in [6, 6.07) is 15.2.